The van der Waals surface area contributed by atoms with Gasteiger partial charge in [-0.1, -0.05) is 24.3 Å². The smallest absolute Gasteiger partial charge is 0.264 e. The number of nitrogens with one attached hydrogen (secondary N) is 1. The minimum Gasteiger partial charge on any atom is -0.489 e. The predicted molar refractivity (Wildman–Crippen MR) is 110 cm³/mol. The molecule has 0 bridgehead atoms. The third kappa shape index (κ3) is 4.81. The first-order valence-electron chi connectivity index (χ1n) is 9.51. The molecule has 1 aliphatic heterocycles. The number of benzene rings is 2. The lowest BCUT2D eigenvalue weighted by atomic mass is 10.1. The van der Waals surface area contributed by atoms with Crippen LogP contribution in [0.3, 0.4) is 0 Å². The molecule has 1 fully saturated rings. The zero-order valence-electron chi connectivity index (χ0n) is 17.2. The van der Waals surface area contributed by atoms with E-state index in [4.69, 9.17) is 14.7 Å². The standard InChI is InChI=1S/C21H26N2O6S/c1-15-6-4-5-7-16(15)12-28-17-8-10-18(11-9-17)30(26,27)23-14-21(2,3)29-13-19(23)20(24)22-25/h4-11,19,25H,12-14H2,1-3H3,(H,22,24)/t19-/m1/s1. The van der Waals surface area contributed by atoms with Crippen LogP contribution in [0, 0.1) is 6.92 Å². The fourth-order valence-corrected chi connectivity index (χ4v) is 4.95. The summed E-state index contributed by atoms with van der Waals surface area (Å²) in [5.41, 5.74) is 2.90. The lowest BCUT2D eigenvalue weighted by Gasteiger charge is -2.41. The van der Waals surface area contributed by atoms with Gasteiger partial charge in [0, 0.05) is 6.54 Å². The summed E-state index contributed by atoms with van der Waals surface area (Å²) in [4.78, 5) is 12.0. The van der Waals surface area contributed by atoms with E-state index in [2.05, 4.69) is 0 Å². The lowest BCUT2D eigenvalue weighted by molar-refractivity contribution is -0.146. The normalized spacial score (nSPS) is 19.3. The molecule has 2 N–H and O–H groups in total. The van der Waals surface area contributed by atoms with Crippen molar-refractivity contribution in [2.75, 3.05) is 13.2 Å². The highest BCUT2D eigenvalue weighted by Crippen LogP contribution is 2.28. The van der Waals surface area contributed by atoms with Gasteiger partial charge in [0.05, 0.1) is 17.1 Å². The van der Waals surface area contributed by atoms with Crippen molar-refractivity contribution in [1.29, 1.82) is 0 Å². The SMILES string of the molecule is Cc1ccccc1COc1ccc(S(=O)(=O)N2CC(C)(C)OC[C@@H]2C(=O)NO)cc1. The number of carbonyl (C=O) groups is 1. The highest BCUT2D eigenvalue weighted by Gasteiger charge is 2.44. The molecule has 1 atom stereocenters. The van der Waals surface area contributed by atoms with Crippen LogP contribution < -0.4 is 10.2 Å². The molecule has 0 saturated carbocycles. The number of hydrogen-bond acceptors (Lipinski definition) is 6. The second kappa shape index (κ2) is 8.73. The summed E-state index contributed by atoms with van der Waals surface area (Å²) >= 11 is 0. The lowest BCUT2D eigenvalue weighted by Crippen LogP contribution is -2.60. The van der Waals surface area contributed by atoms with Crippen LogP contribution in [0.5, 0.6) is 5.75 Å². The summed E-state index contributed by atoms with van der Waals surface area (Å²) in [5, 5.41) is 8.99. The Bertz CT molecular complexity index is 1000. The summed E-state index contributed by atoms with van der Waals surface area (Å²) in [6.07, 6.45) is 0. The van der Waals surface area contributed by atoms with E-state index in [0.29, 0.717) is 12.4 Å². The Kier molecular flexibility index (Phi) is 6.47. The minimum atomic E-state index is -4.00. The Labute approximate surface area is 176 Å². The third-order valence-corrected chi connectivity index (χ3v) is 6.88. The molecule has 2 aromatic rings. The molecule has 162 valence electrons. The number of amides is 1. The molecule has 1 saturated heterocycles. The zero-order chi connectivity index (χ0) is 21.9. The van der Waals surface area contributed by atoms with E-state index >= 15 is 0 Å². The van der Waals surface area contributed by atoms with Gasteiger partial charge in [-0.15, -0.1) is 0 Å². The molecule has 1 amide bonds. The first kappa shape index (κ1) is 22.2. The average Bonchev–Trinajstić information content (AvgIpc) is 2.72. The number of morpholine rings is 1. The van der Waals surface area contributed by atoms with E-state index in [0.717, 1.165) is 15.4 Å². The quantitative estimate of drug-likeness (QED) is 0.534. The van der Waals surface area contributed by atoms with Gasteiger partial charge in [-0.2, -0.15) is 4.31 Å². The summed E-state index contributed by atoms with van der Waals surface area (Å²) in [6, 6.07) is 12.7. The van der Waals surface area contributed by atoms with Crippen LogP contribution in [0.25, 0.3) is 0 Å². The van der Waals surface area contributed by atoms with Gasteiger partial charge in [0.25, 0.3) is 5.91 Å². The minimum absolute atomic E-state index is 0.0270. The summed E-state index contributed by atoms with van der Waals surface area (Å²) in [5.74, 6) is -0.309. The van der Waals surface area contributed by atoms with Crippen molar-refractivity contribution < 1.29 is 27.9 Å². The van der Waals surface area contributed by atoms with Crippen molar-refractivity contribution in [3.63, 3.8) is 0 Å². The highest BCUT2D eigenvalue weighted by atomic mass is 32.2. The Morgan fingerprint density at radius 3 is 2.53 bits per heavy atom. The molecule has 0 spiro atoms. The highest BCUT2D eigenvalue weighted by molar-refractivity contribution is 7.89. The maximum Gasteiger partial charge on any atom is 0.264 e. The van der Waals surface area contributed by atoms with Crippen LogP contribution in [0.4, 0.5) is 0 Å². The van der Waals surface area contributed by atoms with Gasteiger partial charge in [-0.05, 0) is 56.2 Å². The molecular weight excluding hydrogens is 408 g/mol. The average molecular weight is 435 g/mol. The molecule has 3 rings (SSSR count). The number of sulfonamides is 1. The van der Waals surface area contributed by atoms with Crippen molar-refractivity contribution in [3.05, 3.63) is 59.7 Å². The zero-order valence-corrected chi connectivity index (χ0v) is 18.0. The van der Waals surface area contributed by atoms with Crippen LogP contribution in [-0.4, -0.2) is 48.6 Å². The van der Waals surface area contributed by atoms with Crippen molar-refractivity contribution in [1.82, 2.24) is 9.79 Å². The maximum absolute atomic E-state index is 13.2. The summed E-state index contributed by atoms with van der Waals surface area (Å²) in [6.45, 7) is 5.66. The molecule has 2 aromatic carbocycles. The van der Waals surface area contributed by atoms with E-state index in [1.54, 1.807) is 26.0 Å². The van der Waals surface area contributed by atoms with E-state index in [1.165, 1.54) is 17.6 Å². The van der Waals surface area contributed by atoms with Crippen LogP contribution in [0.2, 0.25) is 0 Å². The summed E-state index contributed by atoms with van der Waals surface area (Å²) in [7, 11) is -4.00. The van der Waals surface area contributed by atoms with Crippen molar-refractivity contribution in [2.45, 2.75) is 43.9 Å². The van der Waals surface area contributed by atoms with Crippen molar-refractivity contribution in [2.24, 2.45) is 0 Å². The largest absolute Gasteiger partial charge is 0.489 e. The molecule has 0 aromatic heterocycles. The number of aryl methyl sites for hydroxylation is 1. The Hall–Kier alpha value is -2.46. The topological polar surface area (TPSA) is 105 Å². The van der Waals surface area contributed by atoms with E-state index in [1.807, 2.05) is 31.2 Å². The van der Waals surface area contributed by atoms with Gasteiger partial charge >= 0.3 is 0 Å². The van der Waals surface area contributed by atoms with Crippen LogP contribution >= 0.6 is 0 Å². The van der Waals surface area contributed by atoms with Crippen molar-refractivity contribution in [3.8, 4) is 5.75 Å². The van der Waals surface area contributed by atoms with Crippen LogP contribution in [-0.2, 0) is 26.2 Å². The van der Waals surface area contributed by atoms with Gasteiger partial charge in [0.15, 0.2) is 0 Å². The van der Waals surface area contributed by atoms with E-state index in [9.17, 15) is 13.2 Å². The van der Waals surface area contributed by atoms with E-state index in [-0.39, 0.29) is 18.0 Å². The Morgan fingerprint density at radius 2 is 1.90 bits per heavy atom. The number of hydrogen-bond donors (Lipinski definition) is 2. The molecule has 1 aliphatic rings. The fraction of sp³-hybridized carbons (Fsp3) is 0.381. The van der Waals surface area contributed by atoms with Crippen LogP contribution in [0.1, 0.15) is 25.0 Å². The number of nitrogens with zero attached hydrogens (tertiary/aromatic N) is 1. The van der Waals surface area contributed by atoms with Gasteiger partial charge in [-0.25, -0.2) is 13.9 Å². The monoisotopic (exact) mass is 434 g/mol. The third-order valence-electron chi connectivity index (χ3n) is 5.01. The second-order valence-corrected chi connectivity index (χ2v) is 9.69. The van der Waals surface area contributed by atoms with Gasteiger partial charge in [-0.3, -0.25) is 10.0 Å². The Balaban J connectivity index is 1.79. The predicted octanol–water partition coefficient (Wildman–Crippen LogP) is 2.25. The molecule has 1 heterocycles. The molecule has 0 unspecified atom stereocenters. The first-order valence-corrected chi connectivity index (χ1v) is 11.0. The maximum atomic E-state index is 13.2. The molecule has 9 heteroatoms. The van der Waals surface area contributed by atoms with E-state index < -0.39 is 27.6 Å². The Morgan fingerprint density at radius 1 is 1.23 bits per heavy atom. The molecule has 0 aliphatic carbocycles. The summed E-state index contributed by atoms with van der Waals surface area (Å²) < 4.78 is 38.8. The molecule has 8 nitrogen and oxygen atoms in total. The van der Waals surface area contributed by atoms with Gasteiger partial charge < -0.3 is 9.47 Å². The van der Waals surface area contributed by atoms with Crippen molar-refractivity contribution >= 4 is 15.9 Å². The molecular formula is C21H26N2O6S. The van der Waals surface area contributed by atoms with Gasteiger partial charge in [0.1, 0.15) is 18.4 Å². The number of ether oxygens (including phenoxy) is 2. The molecule has 30 heavy (non-hydrogen) atoms. The van der Waals surface area contributed by atoms with Crippen LogP contribution in [0.15, 0.2) is 53.4 Å². The number of carbonyl (C=O) groups excluding carboxylic acids is 1. The first-order chi connectivity index (χ1) is 14.1. The second-order valence-electron chi connectivity index (χ2n) is 7.80. The number of hydroxylamine groups is 1. The number of rotatable bonds is 6. The fourth-order valence-electron chi connectivity index (χ4n) is 3.23. The van der Waals surface area contributed by atoms with Gasteiger partial charge in [0.2, 0.25) is 10.0 Å². The molecule has 0 radical (unpaired) electrons.